The molecule has 0 saturated heterocycles. The molecule has 0 aromatic carbocycles. The van der Waals surface area contributed by atoms with Gasteiger partial charge in [-0.05, 0) is 37.3 Å². The van der Waals surface area contributed by atoms with E-state index in [2.05, 4.69) is 20.5 Å². The summed E-state index contributed by atoms with van der Waals surface area (Å²) in [7, 11) is 0. The van der Waals surface area contributed by atoms with Crippen molar-refractivity contribution in [3.8, 4) is 0 Å². The molecule has 122 valence electrons. The fourth-order valence-corrected chi connectivity index (χ4v) is 3.06. The SMILES string of the molecule is CCc1[nH]ncc1C(=O)N[C@H](Cc1ccccn1)C1CC(O)C1. The van der Waals surface area contributed by atoms with Crippen LogP contribution in [0.5, 0.6) is 0 Å². The number of aromatic nitrogens is 3. The van der Waals surface area contributed by atoms with Crippen LogP contribution in [0.15, 0.2) is 30.6 Å². The molecule has 0 bridgehead atoms. The van der Waals surface area contributed by atoms with Gasteiger partial charge < -0.3 is 10.4 Å². The maximum absolute atomic E-state index is 12.6. The summed E-state index contributed by atoms with van der Waals surface area (Å²) >= 11 is 0. The van der Waals surface area contributed by atoms with Crippen LogP contribution in [0.1, 0.15) is 41.5 Å². The van der Waals surface area contributed by atoms with Crippen molar-refractivity contribution in [3.05, 3.63) is 47.5 Å². The number of pyridine rings is 1. The van der Waals surface area contributed by atoms with E-state index in [0.717, 1.165) is 30.7 Å². The van der Waals surface area contributed by atoms with Crippen LogP contribution in [0.25, 0.3) is 0 Å². The Balaban J connectivity index is 1.72. The predicted octanol–water partition coefficient (Wildman–Crippen LogP) is 1.48. The summed E-state index contributed by atoms with van der Waals surface area (Å²) in [4.78, 5) is 16.9. The molecular formula is C17H22N4O2. The third-order valence-corrected chi connectivity index (χ3v) is 4.51. The molecule has 1 aliphatic rings. The van der Waals surface area contributed by atoms with Gasteiger partial charge in [0.2, 0.25) is 0 Å². The molecule has 0 aliphatic heterocycles. The zero-order valence-corrected chi connectivity index (χ0v) is 13.2. The first-order chi connectivity index (χ1) is 11.2. The number of H-pyrrole nitrogens is 1. The zero-order valence-electron chi connectivity index (χ0n) is 13.2. The molecule has 1 saturated carbocycles. The van der Waals surface area contributed by atoms with Crippen molar-refractivity contribution < 1.29 is 9.90 Å². The Morgan fingerprint density at radius 3 is 2.96 bits per heavy atom. The highest BCUT2D eigenvalue weighted by Gasteiger charge is 2.35. The van der Waals surface area contributed by atoms with E-state index >= 15 is 0 Å². The van der Waals surface area contributed by atoms with Crippen LogP contribution in [0.3, 0.4) is 0 Å². The van der Waals surface area contributed by atoms with Gasteiger partial charge in [0.15, 0.2) is 0 Å². The first-order valence-corrected chi connectivity index (χ1v) is 8.08. The maximum atomic E-state index is 12.6. The standard InChI is InChI=1S/C17H22N4O2/c1-2-15-14(10-19-21-15)17(23)20-16(11-7-13(22)8-11)9-12-5-3-4-6-18-12/h3-6,10-11,13,16,22H,2,7-9H2,1H3,(H,19,21)(H,20,23)/t11?,13?,16-/m1/s1. The van der Waals surface area contributed by atoms with Crippen molar-refractivity contribution in [2.24, 2.45) is 5.92 Å². The lowest BCUT2D eigenvalue weighted by atomic mass is 9.76. The first kappa shape index (κ1) is 15.7. The largest absolute Gasteiger partial charge is 0.393 e. The molecule has 2 heterocycles. The van der Waals surface area contributed by atoms with Crippen molar-refractivity contribution in [2.75, 3.05) is 0 Å². The molecule has 1 amide bonds. The van der Waals surface area contributed by atoms with E-state index in [1.54, 1.807) is 12.4 Å². The summed E-state index contributed by atoms with van der Waals surface area (Å²) in [6, 6.07) is 5.76. The van der Waals surface area contributed by atoms with Gasteiger partial charge >= 0.3 is 0 Å². The number of nitrogens with one attached hydrogen (secondary N) is 2. The molecule has 0 radical (unpaired) electrons. The van der Waals surface area contributed by atoms with Crippen LogP contribution < -0.4 is 5.32 Å². The first-order valence-electron chi connectivity index (χ1n) is 8.08. The third kappa shape index (κ3) is 3.59. The number of carbonyl (C=O) groups excluding carboxylic acids is 1. The Morgan fingerprint density at radius 2 is 2.30 bits per heavy atom. The highest BCUT2D eigenvalue weighted by Crippen LogP contribution is 2.31. The highest BCUT2D eigenvalue weighted by atomic mass is 16.3. The molecule has 0 spiro atoms. The quantitative estimate of drug-likeness (QED) is 0.753. The van der Waals surface area contributed by atoms with Crippen LogP contribution in [-0.2, 0) is 12.8 Å². The summed E-state index contributed by atoms with van der Waals surface area (Å²) < 4.78 is 0. The van der Waals surface area contributed by atoms with Gasteiger partial charge in [0.05, 0.1) is 17.9 Å². The van der Waals surface area contributed by atoms with Gasteiger partial charge in [-0.25, -0.2) is 0 Å². The van der Waals surface area contributed by atoms with Crippen molar-refractivity contribution in [3.63, 3.8) is 0 Å². The lowest BCUT2D eigenvalue weighted by Gasteiger charge is -2.38. The number of amides is 1. The summed E-state index contributed by atoms with van der Waals surface area (Å²) in [5.74, 6) is 0.172. The molecule has 6 heteroatoms. The van der Waals surface area contributed by atoms with Crippen molar-refractivity contribution in [2.45, 2.75) is 44.8 Å². The summed E-state index contributed by atoms with van der Waals surface area (Å²) in [5.41, 5.74) is 2.38. The molecule has 3 N–H and O–H groups in total. The van der Waals surface area contributed by atoms with Crippen LogP contribution in [0.4, 0.5) is 0 Å². The molecule has 2 aromatic heterocycles. The maximum Gasteiger partial charge on any atom is 0.254 e. The number of nitrogens with zero attached hydrogens (tertiary/aromatic N) is 2. The minimum Gasteiger partial charge on any atom is -0.393 e. The molecule has 2 aromatic rings. The molecule has 1 aliphatic carbocycles. The summed E-state index contributed by atoms with van der Waals surface area (Å²) in [5, 5.41) is 19.5. The zero-order chi connectivity index (χ0) is 16.2. The predicted molar refractivity (Wildman–Crippen MR) is 85.9 cm³/mol. The van der Waals surface area contributed by atoms with Gasteiger partial charge in [-0.15, -0.1) is 0 Å². The van der Waals surface area contributed by atoms with Crippen LogP contribution in [-0.4, -0.2) is 38.3 Å². The average Bonchev–Trinajstić information content (AvgIpc) is 3.01. The van der Waals surface area contributed by atoms with Gasteiger partial charge in [-0.3, -0.25) is 14.9 Å². The number of carbonyl (C=O) groups is 1. The van der Waals surface area contributed by atoms with E-state index in [-0.39, 0.29) is 24.0 Å². The van der Waals surface area contributed by atoms with E-state index in [9.17, 15) is 9.90 Å². The summed E-state index contributed by atoms with van der Waals surface area (Å²) in [6.07, 6.45) is 5.94. The molecule has 6 nitrogen and oxygen atoms in total. The van der Waals surface area contributed by atoms with Gasteiger partial charge in [-0.1, -0.05) is 13.0 Å². The van der Waals surface area contributed by atoms with Crippen molar-refractivity contribution in [1.29, 1.82) is 0 Å². The number of hydrogen-bond acceptors (Lipinski definition) is 4. The van der Waals surface area contributed by atoms with Crippen molar-refractivity contribution >= 4 is 5.91 Å². The number of aromatic amines is 1. The number of aryl methyl sites for hydroxylation is 1. The number of aliphatic hydroxyl groups is 1. The Bertz CT molecular complexity index is 650. The third-order valence-electron chi connectivity index (χ3n) is 4.51. The summed E-state index contributed by atoms with van der Waals surface area (Å²) in [6.45, 7) is 1.98. The van der Waals surface area contributed by atoms with Crippen LogP contribution in [0.2, 0.25) is 0 Å². The fraction of sp³-hybridized carbons (Fsp3) is 0.471. The van der Waals surface area contributed by atoms with Gasteiger partial charge in [0, 0.05) is 30.0 Å². The Morgan fingerprint density at radius 1 is 1.48 bits per heavy atom. The van der Waals surface area contributed by atoms with E-state index in [4.69, 9.17) is 0 Å². The molecule has 1 fully saturated rings. The lowest BCUT2D eigenvalue weighted by Crippen LogP contribution is -2.48. The average molecular weight is 314 g/mol. The molecular weight excluding hydrogens is 292 g/mol. The minimum atomic E-state index is -0.247. The highest BCUT2D eigenvalue weighted by molar-refractivity contribution is 5.95. The Labute approximate surface area is 135 Å². The fourth-order valence-electron chi connectivity index (χ4n) is 3.06. The smallest absolute Gasteiger partial charge is 0.254 e. The van der Waals surface area contributed by atoms with Crippen LogP contribution >= 0.6 is 0 Å². The lowest BCUT2D eigenvalue weighted by molar-refractivity contribution is 0.0237. The van der Waals surface area contributed by atoms with E-state index in [1.165, 1.54) is 0 Å². The van der Waals surface area contributed by atoms with Gasteiger partial charge in [-0.2, -0.15) is 5.10 Å². The molecule has 0 unspecified atom stereocenters. The number of rotatable bonds is 6. The second-order valence-corrected chi connectivity index (χ2v) is 6.11. The monoisotopic (exact) mass is 314 g/mol. The molecule has 3 rings (SSSR count). The molecule has 1 atom stereocenters. The number of hydrogen-bond donors (Lipinski definition) is 3. The van der Waals surface area contributed by atoms with Gasteiger partial charge in [0.1, 0.15) is 0 Å². The second-order valence-electron chi connectivity index (χ2n) is 6.11. The topological polar surface area (TPSA) is 90.9 Å². The van der Waals surface area contributed by atoms with E-state index in [0.29, 0.717) is 12.0 Å². The number of aliphatic hydroxyl groups excluding tert-OH is 1. The van der Waals surface area contributed by atoms with Crippen LogP contribution in [0, 0.1) is 5.92 Å². The Hall–Kier alpha value is -2.21. The van der Waals surface area contributed by atoms with Crippen molar-refractivity contribution in [1.82, 2.24) is 20.5 Å². The molecule has 23 heavy (non-hydrogen) atoms. The van der Waals surface area contributed by atoms with E-state index < -0.39 is 0 Å². The van der Waals surface area contributed by atoms with Gasteiger partial charge in [0.25, 0.3) is 5.91 Å². The minimum absolute atomic E-state index is 0.0274. The Kier molecular flexibility index (Phi) is 4.71. The second kappa shape index (κ2) is 6.91. The normalized spacial score (nSPS) is 21.5. The van der Waals surface area contributed by atoms with E-state index in [1.807, 2.05) is 25.1 Å².